The van der Waals surface area contributed by atoms with Gasteiger partial charge >= 0.3 is 0 Å². The molecule has 0 unspecified atom stereocenters. The maximum Gasteiger partial charge on any atom is 0.184 e. The Balaban J connectivity index is 1.44. The molecule has 1 aromatic rings. The van der Waals surface area contributed by atoms with Crippen molar-refractivity contribution in [2.75, 3.05) is 0 Å². The Bertz CT molecular complexity index is 1080. The van der Waals surface area contributed by atoms with Crippen molar-refractivity contribution in [2.24, 2.45) is 11.5 Å². The molecular formula is C27H35N5O2. The number of carbonyl (C=O) groups excluding carboxylic acids is 1. The second-order valence-electron chi connectivity index (χ2n) is 9.73. The highest BCUT2D eigenvalue weighted by Gasteiger charge is 2.30. The molecule has 5 rings (SSSR count). The number of aromatic nitrogens is 3. The summed E-state index contributed by atoms with van der Waals surface area (Å²) in [5, 5.41) is 8.30. The average Bonchev–Trinajstić information content (AvgIpc) is 3.40. The molecule has 1 saturated carbocycles. The zero-order chi connectivity index (χ0) is 24.1. The van der Waals surface area contributed by atoms with Gasteiger partial charge in [-0.1, -0.05) is 40.0 Å². The number of allylic oxidation sites excluding steroid dienone is 8. The second kappa shape index (κ2) is 11.1. The van der Waals surface area contributed by atoms with Gasteiger partial charge in [-0.05, 0) is 64.4 Å². The van der Waals surface area contributed by atoms with Crippen LogP contribution in [0.25, 0.3) is 0 Å². The van der Waals surface area contributed by atoms with Crippen molar-refractivity contribution in [3.63, 3.8) is 0 Å². The molecule has 1 heterocycles. The number of fused-ring (bicyclic) bond motifs is 7. The van der Waals surface area contributed by atoms with Gasteiger partial charge in [-0.15, -0.1) is 11.5 Å². The fourth-order valence-electron chi connectivity index (χ4n) is 4.89. The van der Waals surface area contributed by atoms with Gasteiger partial charge in [-0.25, -0.2) is 4.68 Å². The van der Waals surface area contributed by atoms with Crippen molar-refractivity contribution in [3.05, 3.63) is 58.0 Å². The highest BCUT2D eigenvalue weighted by Crippen LogP contribution is 2.29. The van der Waals surface area contributed by atoms with Gasteiger partial charge < -0.3 is 16.2 Å². The van der Waals surface area contributed by atoms with E-state index >= 15 is 0 Å². The van der Waals surface area contributed by atoms with Gasteiger partial charge in [0.1, 0.15) is 12.2 Å². The van der Waals surface area contributed by atoms with Crippen LogP contribution >= 0.6 is 0 Å². The van der Waals surface area contributed by atoms with Crippen LogP contribution in [-0.2, 0) is 22.7 Å². The van der Waals surface area contributed by atoms with Crippen molar-refractivity contribution < 1.29 is 9.53 Å². The van der Waals surface area contributed by atoms with Crippen LogP contribution in [0.1, 0.15) is 64.0 Å². The van der Waals surface area contributed by atoms with Gasteiger partial charge in [0.05, 0.1) is 18.9 Å². The maximum atomic E-state index is 13.3. The molecule has 34 heavy (non-hydrogen) atoms. The van der Waals surface area contributed by atoms with Crippen molar-refractivity contribution >= 4 is 5.78 Å². The van der Waals surface area contributed by atoms with Crippen LogP contribution in [-0.4, -0.2) is 39.0 Å². The van der Waals surface area contributed by atoms with E-state index in [2.05, 4.69) is 28.4 Å². The molecule has 4 aliphatic rings. The first-order valence-electron chi connectivity index (χ1n) is 12.2. The molecular weight excluding hydrogens is 426 g/mol. The predicted octanol–water partition coefficient (Wildman–Crippen LogP) is 3.28. The van der Waals surface area contributed by atoms with E-state index in [4.69, 9.17) is 22.6 Å². The Kier molecular flexibility index (Phi) is 7.94. The summed E-state index contributed by atoms with van der Waals surface area (Å²) in [7, 11) is 0. The SMILES string of the molecule is C#C/C1=C\C(C(=O)Cn2cc(CO[C@@H]3C[C@@H](N)C[C@H]3N)nn2)=C(/C)CCC2=CC=C(CC2)CC1. The van der Waals surface area contributed by atoms with Crippen LogP contribution in [0.15, 0.2) is 52.3 Å². The summed E-state index contributed by atoms with van der Waals surface area (Å²) < 4.78 is 7.46. The Morgan fingerprint density at radius 1 is 1.15 bits per heavy atom. The number of nitrogens with two attached hydrogens (primary N) is 2. The van der Waals surface area contributed by atoms with Crippen molar-refractivity contribution in [1.82, 2.24) is 15.0 Å². The summed E-state index contributed by atoms with van der Waals surface area (Å²) >= 11 is 0. The van der Waals surface area contributed by atoms with Crippen LogP contribution < -0.4 is 11.5 Å². The minimum absolute atomic E-state index is 0.0122. The number of hydrogen-bond donors (Lipinski definition) is 2. The zero-order valence-corrected chi connectivity index (χ0v) is 20.0. The van der Waals surface area contributed by atoms with E-state index in [1.165, 1.54) is 11.1 Å². The molecule has 3 atom stereocenters. The van der Waals surface area contributed by atoms with Crippen LogP contribution in [0.3, 0.4) is 0 Å². The predicted molar refractivity (Wildman–Crippen MR) is 132 cm³/mol. The molecule has 7 nitrogen and oxygen atoms in total. The third-order valence-electron chi connectivity index (χ3n) is 7.05. The van der Waals surface area contributed by atoms with Crippen molar-refractivity contribution in [1.29, 1.82) is 0 Å². The molecule has 2 bridgehead atoms. The smallest absolute Gasteiger partial charge is 0.184 e. The van der Waals surface area contributed by atoms with E-state index in [1.807, 2.05) is 13.0 Å². The number of terminal acetylenes is 1. The van der Waals surface area contributed by atoms with Gasteiger partial charge in [-0.3, -0.25) is 4.79 Å². The zero-order valence-electron chi connectivity index (χ0n) is 20.0. The molecule has 0 radical (unpaired) electrons. The topological polar surface area (TPSA) is 109 Å². The lowest BCUT2D eigenvalue weighted by Gasteiger charge is -2.17. The Hall–Kier alpha value is -2.79. The monoisotopic (exact) mass is 461 g/mol. The summed E-state index contributed by atoms with van der Waals surface area (Å²) in [5.74, 6) is 2.79. The van der Waals surface area contributed by atoms with Crippen molar-refractivity contribution in [2.45, 2.75) is 89.6 Å². The Labute approximate surface area is 202 Å². The van der Waals surface area contributed by atoms with Crippen LogP contribution in [0.5, 0.6) is 0 Å². The molecule has 0 spiro atoms. The Morgan fingerprint density at radius 2 is 1.85 bits per heavy atom. The number of nitrogens with zero attached hydrogens (tertiary/aromatic N) is 3. The van der Waals surface area contributed by atoms with Gasteiger partial charge in [0.25, 0.3) is 0 Å². The maximum absolute atomic E-state index is 13.3. The number of rotatable bonds is 6. The molecule has 0 aliphatic heterocycles. The fraction of sp³-hybridized carbons (Fsp3) is 0.519. The van der Waals surface area contributed by atoms with E-state index in [1.54, 1.807) is 10.9 Å². The molecule has 7 heteroatoms. The summed E-state index contributed by atoms with van der Waals surface area (Å²) in [5.41, 5.74) is 18.2. The molecule has 4 N–H and O–H groups in total. The molecule has 0 saturated heterocycles. The van der Waals surface area contributed by atoms with E-state index < -0.39 is 0 Å². The van der Waals surface area contributed by atoms with E-state index in [0.29, 0.717) is 17.9 Å². The summed E-state index contributed by atoms with van der Waals surface area (Å²) in [4.78, 5) is 13.3. The van der Waals surface area contributed by atoms with Gasteiger partial charge in [-0.2, -0.15) is 0 Å². The first-order valence-corrected chi connectivity index (χ1v) is 12.2. The quantitative estimate of drug-likeness (QED) is 0.629. The fourth-order valence-corrected chi connectivity index (χ4v) is 4.89. The van der Waals surface area contributed by atoms with Crippen LogP contribution in [0.4, 0.5) is 0 Å². The second-order valence-corrected chi connectivity index (χ2v) is 9.73. The third-order valence-corrected chi connectivity index (χ3v) is 7.05. The minimum atomic E-state index is -0.0701. The highest BCUT2D eigenvalue weighted by atomic mass is 16.5. The Morgan fingerprint density at radius 3 is 2.50 bits per heavy atom. The first-order chi connectivity index (χ1) is 16.4. The molecule has 0 aromatic carbocycles. The third kappa shape index (κ3) is 6.20. The molecule has 1 fully saturated rings. The van der Waals surface area contributed by atoms with Crippen molar-refractivity contribution in [3.8, 4) is 12.3 Å². The summed E-state index contributed by atoms with van der Waals surface area (Å²) in [6.07, 6.45) is 21.1. The summed E-state index contributed by atoms with van der Waals surface area (Å²) in [6.45, 7) is 2.44. The highest BCUT2D eigenvalue weighted by molar-refractivity contribution is 5.98. The number of Topliss-reactive ketones (excluding diaryl/α,β-unsaturated/α-hetero) is 1. The van der Waals surface area contributed by atoms with E-state index in [9.17, 15) is 4.79 Å². The lowest BCUT2D eigenvalue weighted by molar-refractivity contribution is -0.116. The van der Waals surface area contributed by atoms with E-state index in [0.717, 1.165) is 62.5 Å². The normalized spacial score (nSPS) is 29.4. The van der Waals surface area contributed by atoms with Gasteiger partial charge in [0.2, 0.25) is 0 Å². The standard InChI is InChI=1S/C27H35N5O2/c1-3-19-6-7-21-10-8-20(9-11-21)5-4-18(2)24(12-19)26(33)16-32-15-23(30-31-32)17-34-27-14-22(28)13-25(27)29/h1,8,10,12,15,22,25,27H,4-7,9,11,13-14,16-17,28-29H2,2H3/b19-12+,24-18-/t22-,25+,27+/m0/s1. The number of carbonyl (C=O) groups is 1. The largest absolute Gasteiger partial charge is 0.370 e. The molecule has 4 aliphatic carbocycles. The lowest BCUT2D eigenvalue weighted by atomic mass is 9.88. The number of hydrogen-bond acceptors (Lipinski definition) is 6. The molecule has 1 aromatic heterocycles. The lowest BCUT2D eigenvalue weighted by Crippen LogP contribution is -2.31. The molecule has 180 valence electrons. The van der Waals surface area contributed by atoms with E-state index in [-0.39, 0.29) is 30.5 Å². The minimum Gasteiger partial charge on any atom is -0.370 e. The molecule has 0 amide bonds. The van der Waals surface area contributed by atoms with Gasteiger partial charge in [0.15, 0.2) is 5.78 Å². The van der Waals surface area contributed by atoms with Gasteiger partial charge in [0, 0.05) is 23.2 Å². The number of ketones is 1. The first kappa shape index (κ1) is 24.3. The summed E-state index contributed by atoms with van der Waals surface area (Å²) in [6, 6.07) is 0.0296. The van der Waals surface area contributed by atoms with Crippen LogP contribution in [0, 0.1) is 12.3 Å². The average molecular weight is 462 g/mol. The van der Waals surface area contributed by atoms with Crippen LogP contribution in [0.2, 0.25) is 0 Å². The number of ether oxygens (including phenoxy) is 1.